The molecule has 0 fully saturated rings. The van der Waals surface area contributed by atoms with Crippen molar-refractivity contribution in [2.45, 2.75) is 6.43 Å². The topological polar surface area (TPSA) is 82.3 Å². The summed E-state index contributed by atoms with van der Waals surface area (Å²) in [5.41, 5.74) is -1.53. The Morgan fingerprint density at radius 2 is 2.24 bits per heavy atom. The molecule has 0 aliphatic rings. The number of nitrogens with zero attached hydrogens (tertiary/aromatic N) is 2. The summed E-state index contributed by atoms with van der Waals surface area (Å²) in [7, 11) is 0.976. The molecule has 0 aliphatic heterocycles. The summed E-state index contributed by atoms with van der Waals surface area (Å²) in [4.78, 5) is 23.8. The molecule has 1 aromatic rings. The van der Waals surface area contributed by atoms with E-state index in [-0.39, 0.29) is 0 Å². The van der Waals surface area contributed by atoms with E-state index in [9.17, 15) is 23.7 Å². The van der Waals surface area contributed by atoms with Crippen molar-refractivity contribution in [1.82, 2.24) is 4.98 Å². The highest BCUT2D eigenvalue weighted by Crippen LogP contribution is 2.29. The van der Waals surface area contributed by atoms with Crippen LogP contribution in [0.15, 0.2) is 6.07 Å². The summed E-state index contributed by atoms with van der Waals surface area (Å²) < 4.78 is 28.9. The summed E-state index contributed by atoms with van der Waals surface area (Å²) in [5.74, 6) is -2.17. The number of esters is 1. The number of halogens is 3. The van der Waals surface area contributed by atoms with Crippen molar-refractivity contribution < 1.29 is 23.2 Å². The number of pyridine rings is 1. The van der Waals surface area contributed by atoms with Crippen LogP contribution in [-0.2, 0) is 4.74 Å². The average Bonchev–Trinajstić information content (AvgIpc) is 2.26. The van der Waals surface area contributed by atoms with Gasteiger partial charge in [-0.15, -0.1) is 0 Å². The Morgan fingerprint density at radius 1 is 1.65 bits per heavy atom. The molecule has 0 aliphatic carbocycles. The number of hydrogen-bond acceptors (Lipinski definition) is 5. The summed E-state index contributed by atoms with van der Waals surface area (Å²) >= 11 is 5.52. The molecule has 92 valence electrons. The molecule has 1 aromatic heterocycles. The molecule has 17 heavy (non-hydrogen) atoms. The molecule has 0 amide bonds. The maximum absolute atomic E-state index is 12.3. The van der Waals surface area contributed by atoms with E-state index >= 15 is 0 Å². The fourth-order valence-corrected chi connectivity index (χ4v) is 1.33. The lowest BCUT2D eigenvalue weighted by Gasteiger charge is -2.04. The largest absolute Gasteiger partial charge is 0.465 e. The van der Waals surface area contributed by atoms with Crippen LogP contribution >= 0.6 is 11.6 Å². The van der Waals surface area contributed by atoms with Crippen LogP contribution in [0.4, 0.5) is 14.6 Å². The van der Waals surface area contributed by atoms with Gasteiger partial charge >= 0.3 is 18.2 Å². The van der Waals surface area contributed by atoms with Gasteiger partial charge in [0.05, 0.1) is 12.1 Å². The molecule has 0 aromatic carbocycles. The molecule has 0 saturated heterocycles. The van der Waals surface area contributed by atoms with E-state index < -0.39 is 39.4 Å². The summed E-state index contributed by atoms with van der Waals surface area (Å²) in [6, 6.07) is 0.686. The van der Waals surface area contributed by atoms with Gasteiger partial charge in [0.2, 0.25) is 5.69 Å². The van der Waals surface area contributed by atoms with Crippen molar-refractivity contribution in [2.24, 2.45) is 0 Å². The van der Waals surface area contributed by atoms with Crippen molar-refractivity contribution in [2.75, 3.05) is 7.11 Å². The van der Waals surface area contributed by atoms with Crippen molar-refractivity contribution in [1.29, 1.82) is 0 Å². The molecular weight excluding hydrogens is 262 g/mol. The van der Waals surface area contributed by atoms with Gasteiger partial charge in [-0.1, -0.05) is 11.6 Å². The molecule has 6 nitrogen and oxygen atoms in total. The average molecular weight is 267 g/mol. The Kier molecular flexibility index (Phi) is 3.89. The van der Waals surface area contributed by atoms with Gasteiger partial charge in [0.15, 0.2) is 5.56 Å². The van der Waals surface area contributed by atoms with Crippen molar-refractivity contribution in [3.8, 4) is 0 Å². The number of methoxy groups -OCH3 is 1. The lowest BCUT2D eigenvalue weighted by molar-refractivity contribution is -0.390. The SMILES string of the molecule is COC(=O)c1c(Cl)cc(C(F)F)nc1[N+](=O)[O-]. The molecule has 1 rings (SSSR count). The first-order valence-electron chi connectivity index (χ1n) is 4.09. The van der Waals surface area contributed by atoms with Crippen LogP contribution in [0.1, 0.15) is 22.5 Å². The second kappa shape index (κ2) is 5.00. The summed E-state index contributed by atoms with van der Waals surface area (Å²) in [6.07, 6.45) is -3.03. The molecule has 0 saturated carbocycles. The first-order valence-corrected chi connectivity index (χ1v) is 4.47. The van der Waals surface area contributed by atoms with Gasteiger partial charge in [-0.3, -0.25) is 0 Å². The van der Waals surface area contributed by atoms with Gasteiger partial charge in [-0.05, 0) is 9.91 Å². The second-order valence-electron chi connectivity index (χ2n) is 2.78. The smallest absolute Gasteiger partial charge is 0.380 e. The third kappa shape index (κ3) is 2.64. The predicted molar refractivity (Wildman–Crippen MR) is 52.2 cm³/mol. The molecule has 0 spiro atoms. The highest BCUT2D eigenvalue weighted by molar-refractivity contribution is 6.34. The van der Waals surface area contributed by atoms with E-state index in [4.69, 9.17) is 11.6 Å². The maximum atomic E-state index is 12.3. The maximum Gasteiger partial charge on any atom is 0.380 e. The number of alkyl halides is 2. The van der Waals surface area contributed by atoms with Crippen LogP contribution in [0.2, 0.25) is 5.02 Å². The zero-order chi connectivity index (χ0) is 13.2. The van der Waals surface area contributed by atoms with Crippen LogP contribution in [0.25, 0.3) is 0 Å². The quantitative estimate of drug-likeness (QED) is 0.476. The Balaban J connectivity index is 3.49. The molecule has 0 bridgehead atoms. The first-order chi connectivity index (χ1) is 7.88. The minimum Gasteiger partial charge on any atom is -0.465 e. The van der Waals surface area contributed by atoms with Crippen LogP contribution in [0, 0.1) is 10.1 Å². The van der Waals surface area contributed by atoms with E-state index in [0.29, 0.717) is 6.07 Å². The highest BCUT2D eigenvalue weighted by atomic mass is 35.5. The van der Waals surface area contributed by atoms with Gasteiger partial charge < -0.3 is 14.9 Å². The van der Waals surface area contributed by atoms with Gasteiger partial charge in [-0.2, -0.15) is 0 Å². The number of carbonyl (C=O) groups is 1. The predicted octanol–water partition coefficient (Wildman–Crippen LogP) is 2.37. The summed E-state index contributed by atoms with van der Waals surface area (Å²) in [5, 5.41) is 10.1. The highest BCUT2D eigenvalue weighted by Gasteiger charge is 2.30. The molecule has 0 unspecified atom stereocenters. The molecule has 1 heterocycles. The van der Waals surface area contributed by atoms with E-state index in [1.807, 2.05) is 0 Å². The number of nitro groups is 1. The standard InChI is InChI=1S/C8H5ClF2N2O4/c1-17-8(14)5-3(9)2-4(6(10)11)12-7(5)13(15)16/h2,6H,1H3. The monoisotopic (exact) mass is 266 g/mol. The van der Waals surface area contributed by atoms with Gasteiger partial charge in [-0.25, -0.2) is 13.6 Å². The van der Waals surface area contributed by atoms with Crippen molar-refractivity contribution in [3.05, 3.63) is 32.5 Å². The molecule has 0 radical (unpaired) electrons. The van der Waals surface area contributed by atoms with E-state index in [1.165, 1.54) is 0 Å². The molecule has 9 heteroatoms. The fourth-order valence-electron chi connectivity index (χ4n) is 1.05. The zero-order valence-electron chi connectivity index (χ0n) is 8.32. The Morgan fingerprint density at radius 3 is 2.65 bits per heavy atom. The molecule has 0 atom stereocenters. The lowest BCUT2D eigenvalue weighted by atomic mass is 10.2. The van der Waals surface area contributed by atoms with E-state index in [0.717, 1.165) is 7.11 Å². The van der Waals surface area contributed by atoms with Crippen molar-refractivity contribution >= 4 is 23.4 Å². The van der Waals surface area contributed by atoms with Crippen LogP contribution in [-0.4, -0.2) is 23.0 Å². The van der Waals surface area contributed by atoms with Gasteiger partial charge in [0.1, 0.15) is 0 Å². The lowest BCUT2D eigenvalue weighted by Crippen LogP contribution is -2.10. The third-order valence-corrected chi connectivity index (χ3v) is 2.06. The minimum absolute atomic E-state index is 0.506. The Hall–Kier alpha value is -1.83. The van der Waals surface area contributed by atoms with Crippen LogP contribution in [0.5, 0.6) is 0 Å². The van der Waals surface area contributed by atoms with E-state index in [2.05, 4.69) is 9.72 Å². The number of hydrogen-bond donors (Lipinski definition) is 0. The first kappa shape index (κ1) is 13.2. The van der Waals surface area contributed by atoms with Crippen molar-refractivity contribution in [3.63, 3.8) is 0 Å². The molecule has 0 N–H and O–H groups in total. The van der Waals surface area contributed by atoms with Gasteiger partial charge in [0.25, 0.3) is 0 Å². The summed E-state index contributed by atoms with van der Waals surface area (Å²) in [6.45, 7) is 0. The fraction of sp³-hybridized carbons (Fsp3) is 0.250. The molecular formula is C8H5ClF2N2O4. The van der Waals surface area contributed by atoms with Crippen LogP contribution in [0.3, 0.4) is 0 Å². The van der Waals surface area contributed by atoms with Gasteiger partial charge in [0, 0.05) is 6.07 Å². The minimum atomic E-state index is -3.03. The Bertz CT molecular complexity index is 481. The number of aromatic nitrogens is 1. The number of ether oxygens (including phenoxy) is 1. The van der Waals surface area contributed by atoms with E-state index in [1.54, 1.807) is 0 Å². The normalized spacial score (nSPS) is 10.4. The second-order valence-corrected chi connectivity index (χ2v) is 3.18. The number of carbonyl (C=O) groups excluding carboxylic acids is 1. The third-order valence-electron chi connectivity index (χ3n) is 1.76. The van der Waals surface area contributed by atoms with Crippen LogP contribution < -0.4 is 0 Å². The zero-order valence-corrected chi connectivity index (χ0v) is 9.07. The Labute approximate surface area is 98.3 Å². The number of rotatable bonds is 3.